The summed E-state index contributed by atoms with van der Waals surface area (Å²) >= 11 is 1.89. The van der Waals surface area contributed by atoms with Crippen LogP contribution in [0.4, 0.5) is 34.1 Å². The lowest BCUT2D eigenvalue weighted by Gasteiger charge is -2.44. The summed E-state index contributed by atoms with van der Waals surface area (Å²) in [5.74, 6) is 0. The van der Waals surface area contributed by atoms with Crippen LogP contribution in [0.3, 0.4) is 0 Å². The lowest BCUT2D eigenvalue weighted by molar-refractivity contribution is 1.16. The Balaban J connectivity index is 1.27. The van der Waals surface area contributed by atoms with Gasteiger partial charge in [-0.1, -0.05) is 127 Å². The Morgan fingerprint density at radius 1 is 0.471 bits per heavy atom. The molecule has 5 heteroatoms. The zero-order valence-electron chi connectivity index (χ0n) is 27.5. The molecule has 51 heavy (non-hydrogen) atoms. The third kappa shape index (κ3) is 3.66. The summed E-state index contributed by atoms with van der Waals surface area (Å²) in [7, 11) is 0. The van der Waals surface area contributed by atoms with Crippen LogP contribution in [0.5, 0.6) is 0 Å². The molecule has 0 atom stereocenters. The number of aromatic nitrogens is 1. The van der Waals surface area contributed by atoms with E-state index in [1.807, 2.05) is 11.8 Å². The topological polar surface area (TPSA) is 11.4 Å². The predicted molar refractivity (Wildman–Crippen MR) is 216 cm³/mol. The second-order valence-corrected chi connectivity index (χ2v) is 14.8. The number of anilines is 6. The Labute approximate surface area is 300 Å². The molecule has 9 aromatic rings. The minimum Gasteiger partial charge on any atom is -0.375 e. The largest absolute Gasteiger partial charge is 0.375 e. The van der Waals surface area contributed by atoms with Crippen molar-refractivity contribution in [3.8, 4) is 11.1 Å². The van der Waals surface area contributed by atoms with E-state index in [0.717, 1.165) is 17.1 Å². The van der Waals surface area contributed by atoms with Gasteiger partial charge in [-0.05, 0) is 76.5 Å². The first-order chi connectivity index (χ1) is 25.3. The molecule has 0 saturated carbocycles. The highest BCUT2D eigenvalue weighted by Crippen LogP contribution is 2.55. The molecule has 0 bridgehead atoms. The minimum absolute atomic E-state index is 0.00344. The van der Waals surface area contributed by atoms with E-state index in [1.54, 1.807) is 0 Å². The molecule has 3 aliphatic heterocycles. The van der Waals surface area contributed by atoms with Gasteiger partial charge in [0.15, 0.2) is 0 Å². The van der Waals surface area contributed by atoms with E-state index in [0.29, 0.717) is 0 Å². The highest BCUT2D eigenvalue weighted by molar-refractivity contribution is 7.99. The van der Waals surface area contributed by atoms with Gasteiger partial charge in [-0.25, -0.2) is 0 Å². The predicted octanol–water partition coefficient (Wildman–Crippen LogP) is 11.3. The Hall–Kier alpha value is -6.17. The highest BCUT2D eigenvalue weighted by atomic mass is 32.2. The van der Waals surface area contributed by atoms with Crippen molar-refractivity contribution in [2.75, 3.05) is 9.80 Å². The van der Waals surface area contributed by atoms with Crippen LogP contribution in [-0.4, -0.2) is 11.3 Å². The highest BCUT2D eigenvalue weighted by Gasteiger charge is 2.45. The molecule has 3 nitrogen and oxygen atoms in total. The Kier molecular flexibility index (Phi) is 5.52. The number of hydrogen-bond donors (Lipinski definition) is 0. The van der Waals surface area contributed by atoms with E-state index < -0.39 is 0 Å². The van der Waals surface area contributed by atoms with Crippen LogP contribution in [-0.2, 0) is 0 Å². The van der Waals surface area contributed by atoms with E-state index in [1.165, 1.54) is 81.5 Å². The van der Waals surface area contributed by atoms with Crippen molar-refractivity contribution in [3.05, 3.63) is 170 Å². The van der Waals surface area contributed by atoms with E-state index in [9.17, 15) is 0 Å². The van der Waals surface area contributed by atoms with E-state index in [2.05, 4.69) is 184 Å². The molecule has 0 N–H and O–H groups in total. The summed E-state index contributed by atoms with van der Waals surface area (Å²) in [6, 6.07) is 62.8. The molecule has 0 saturated heterocycles. The first kappa shape index (κ1) is 27.6. The van der Waals surface area contributed by atoms with Crippen molar-refractivity contribution in [3.63, 3.8) is 0 Å². The molecule has 0 aliphatic carbocycles. The zero-order valence-corrected chi connectivity index (χ0v) is 28.3. The quantitative estimate of drug-likeness (QED) is 0.174. The van der Waals surface area contributed by atoms with Crippen LogP contribution >= 0.6 is 11.8 Å². The molecule has 8 aromatic carbocycles. The van der Waals surface area contributed by atoms with E-state index in [4.69, 9.17) is 0 Å². The first-order valence-electron chi connectivity index (χ1n) is 17.6. The molecule has 3 aliphatic rings. The van der Waals surface area contributed by atoms with Gasteiger partial charge in [0.25, 0.3) is 0 Å². The minimum atomic E-state index is 0.00344. The van der Waals surface area contributed by atoms with Gasteiger partial charge >= 0.3 is 6.85 Å². The van der Waals surface area contributed by atoms with E-state index in [-0.39, 0.29) is 6.85 Å². The standard InChI is InChI=1S/C46H28BN3S/c1-3-14-30(15-4-1)48(31-16-5-2-6-17-31)32-27-37-35-20-11-19-34-36-26-25-29-13-7-8-18-33(29)44(36)50(45(34)35)47-38-21-12-24-42-46(38)49(40(28-32)43(37)47)39-22-9-10-23-41(39)51-42/h1-28H. The third-order valence-electron chi connectivity index (χ3n) is 11.1. The molecule has 0 unspecified atom stereocenters. The summed E-state index contributed by atoms with van der Waals surface area (Å²) in [5, 5.41) is 5.18. The molecular formula is C46H28BN3S. The molecule has 236 valence electrons. The lowest BCUT2D eigenvalue weighted by atomic mass is 9.45. The van der Waals surface area contributed by atoms with E-state index >= 15 is 0 Å². The average Bonchev–Trinajstić information content (AvgIpc) is 3.53. The van der Waals surface area contributed by atoms with Gasteiger partial charge in [0.05, 0.1) is 11.4 Å². The molecule has 0 radical (unpaired) electrons. The Morgan fingerprint density at radius 3 is 2.00 bits per heavy atom. The maximum atomic E-state index is 2.69. The second kappa shape index (κ2) is 10.2. The third-order valence-corrected chi connectivity index (χ3v) is 12.2. The number of hydrogen-bond acceptors (Lipinski definition) is 3. The van der Waals surface area contributed by atoms with Gasteiger partial charge in [-0.2, -0.15) is 0 Å². The zero-order chi connectivity index (χ0) is 33.2. The summed E-state index contributed by atoms with van der Waals surface area (Å²) in [5.41, 5.74) is 15.1. The normalized spacial score (nSPS) is 13.3. The summed E-state index contributed by atoms with van der Waals surface area (Å²) < 4.78 is 2.69. The Bertz CT molecular complexity index is 2880. The SMILES string of the molecule is c1ccc(N(c2ccccc2)c2cc3c4c(c2)N2c5ccccc5Sc5cccc(c52)B4n2c4c-3cccc4c3ccc4ccccc4c32)cc1. The van der Waals surface area contributed by atoms with Gasteiger partial charge in [0.2, 0.25) is 0 Å². The van der Waals surface area contributed by atoms with Gasteiger partial charge < -0.3 is 14.3 Å². The van der Waals surface area contributed by atoms with Crippen molar-refractivity contribution in [1.29, 1.82) is 0 Å². The summed E-state index contributed by atoms with van der Waals surface area (Å²) in [6.45, 7) is 0.00344. The van der Waals surface area contributed by atoms with Crippen LogP contribution in [0.2, 0.25) is 0 Å². The fraction of sp³-hybridized carbons (Fsp3) is 0. The maximum Gasteiger partial charge on any atom is 0.333 e. The van der Waals surface area contributed by atoms with Crippen LogP contribution in [0, 0.1) is 0 Å². The van der Waals surface area contributed by atoms with Gasteiger partial charge in [0.1, 0.15) is 0 Å². The fourth-order valence-electron chi connectivity index (χ4n) is 9.11. The number of nitrogens with zero attached hydrogens (tertiary/aromatic N) is 3. The van der Waals surface area contributed by atoms with Crippen LogP contribution in [0.1, 0.15) is 0 Å². The Morgan fingerprint density at radius 2 is 1.16 bits per heavy atom. The average molecular weight is 666 g/mol. The number of benzene rings is 8. The summed E-state index contributed by atoms with van der Waals surface area (Å²) in [6.07, 6.45) is 0. The first-order valence-corrected chi connectivity index (χ1v) is 18.4. The lowest BCUT2D eigenvalue weighted by Crippen LogP contribution is -2.57. The van der Waals surface area contributed by atoms with Crippen molar-refractivity contribution < 1.29 is 0 Å². The second-order valence-electron chi connectivity index (χ2n) is 13.7. The smallest absolute Gasteiger partial charge is 0.333 e. The molecule has 0 fully saturated rings. The van der Waals surface area contributed by atoms with Gasteiger partial charge in [-0.15, -0.1) is 0 Å². The molecule has 0 amide bonds. The van der Waals surface area contributed by atoms with Gasteiger partial charge in [0, 0.05) is 65.3 Å². The molecule has 0 spiro atoms. The van der Waals surface area contributed by atoms with Crippen molar-refractivity contribution >= 4 is 96.2 Å². The van der Waals surface area contributed by atoms with Crippen LogP contribution in [0.25, 0.3) is 43.7 Å². The molecule has 4 heterocycles. The van der Waals surface area contributed by atoms with Crippen molar-refractivity contribution in [2.45, 2.75) is 9.79 Å². The monoisotopic (exact) mass is 665 g/mol. The number of rotatable bonds is 3. The number of fused-ring (bicyclic) bond motifs is 11. The molecule has 12 rings (SSSR count). The van der Waals surface area contributed by atoms with Crippen LogP contribution < -0.4 is 20.7 Å². The van der Waals surface area contributed by atoms with Crippen molar-refractivity contribution in [1.82, 2.24) is 4.48 Å². The fourth-order valence-corrected chi connectivity index (χ4v) is 10.2. The molecular weight excluding hydrogens is 637 g/mol. The molecule has 1 aromatic heterocycles. The maximum absolute atomic E-state index is 2.69. The number of para-hydroxylation sites is 5. The summed E-state index contributed by atoms with van der Waals surface area (Å²) in [4.78, 5) is 7.55. The van der Waals surface area contributed by atoms with Crippen LogP contribution in [0.15, 0.2) is 180 Å². The van der Waals surface area contributed by atoms with Crippen molar-refractivity contribution in [2.24, 2.45) is 0 Å². The van der Waals surface area contributed by atoms with Gasteiger partial charge in [-0.3, -0.25) is 0 Å².